The van der Waals surface area contributed by atoms with Crippen LogP contribution in [0.2, 0.25) is 0 Å². The Bertz CT molecular complexity index is 193. The van der Waals surface area contributed by atoms with E-state index in [1.54, 1.807) is 0 Å². The Kier molecular flexibility index (Phi) is 2.84. The lowest BCUT2D eigenvalue weighted by molar-refractivity contribution is 0.202. The molecule has 2 nitrogen and oxygen atoms in total. The van der Waals surface area contributed by atoms with Crippen LogP contribution < -0.4 is 5.73 Å². The highest BCUT2D eigenvalue weighted by Crippen LogP contribution is 2.31. The first-order valence-corrected chi connectivity index (χ1v) is 5.68. The van der Waals surface area contributed by atoms with E-state index >= 15 is 0 Å². The average Bonchev–Trinajstić information content (AvgIpc) is 2.89. The van der Waals surface area contributed by atoms with Crippen LogP contribution in [0.15, 0.2) is 0 Å². The largest absolute Gasteiger partial charge is 0.393 e. The van der Waals surface area contributed by atoms with Crippen molar-refractivity contribution in [3.05, 3.63) is 0 Å². The van der Waals surface area contributed by atoms with Crippen LogP contribution in [-0.4, -0.2) is 29.5 Å². The molecule has 13 heavy (non-hydrogen) atoms. The molecule has 0 aromatic heterocycles. The Morgan fingerprint density at radius 2 is 1.85 bits per heavy atom. The quantitative estimate of drug-likeness (QED) is 0.695. The normalized spacial score (nSPS) is 26.2. The monoisotopic (exact) mass is 198 g/mol. The van der Waals surface area contributed by atoms with Gasteiger partial charge in [-0.1, -0.05) is 12.2 Å². The van der Waals surface area contributed by atoms with Crippen molar-refractivity contribution in [3.8, 4) is 0 Å². The van der Waals surface area contributed by atoms with Crippen LogP contribution in [0.3, 0.4) is 0 Å². The van der Waals surface area contributed by atoms with Gasteiger partial charge >= 0.3 is 0 Å². The molecule has 0 aromatic carbocycles. The van der Waals surface area contributed by atoms with Crippen molar-refractivity contribution in [2.75, 3.05) is 19.6 Å². The first-order chi connectivity index (χ1) is 6.25. The van der Waals surface area contributed by atoms with Crippen molar-refractivity contribution in [3.63, 3.8) is 0 Å². The Morgan fingerprint density at radius 3 is 2.31 bits per heavy atom. The molecule has 1 saturated carbocycles. The molecular formula is C10H18N2S. The Balaban J connectivity index is 1.71. The molecule has 2 rings (SSSR count). The van der Waals surface area contributed by atoms with Crippen molar-refractivity contribution in [2.45, 2.75) is 25.7 Å². The maximum atomic E-state index is 5.64. The van der Waals surface area contributed by atoms with E-state index < -0.39 is 0 Å². The summed E-state index contributed by atoms with van der Waals surface area (Å²) >= 11 is 5.01. The number of nitrogens with zero attached hydrogens (tertiary/aromatic N) is 1. The van der Waals surface area contributed by atoms with Gasteiger partial charge in [-0.05, 0) is 44.7 Å². The third kappa shape index (κ3) is 2.64. The van der Waals surface area contributed by atoms with Gasteiger partial charge in [0, 0.05) is 12.5 Å². The Hall–Kier alpha value is -0.150. The lowest BCUT2D eigenvalue weighted by Crippen LogP contribution is -2.38. The molecule has 2 aliphatic rings. The van der Waals surface area contributed by atoms with Crippen LogP contribution in [-0.2, 0) is 0 Å². The van der Waals surface area contributed by atoms with Gasteiger partial charge in [0.05, 0.1) is 4.99 Å². The fourth-order valence-electron chi connectivity index (χ4n) is 2.07. The number of hydrogen-bond donors (Lipinski definition) is 1. The van der Waals surface area contributed by atoms with Gasteiger partial charge in [0.15, 0.2) is 0 Å². The van der Waals surface area contributed by atoms with E-state index in [1.165, 1.54) is 45.3 Å². The summed E-state index contributed by atoms with van der Waals surface area (Å²) in [6.45, 7) is 3.74. The van der Waals surface area contributed by atoms with Crippen molar-refractivity contribution in [1.82, 2.24) is 4.90 Å². The summed E-state index contributed by atoms with van der Waals surface area (Å²) < 4.78 is 0. The minimum Gasteiger partial charge on any atom is -0.393 e. The first-order valence-electron chi connectivity index (χ1n) is 5.27. The molecule has 2 fully saturated rings. The second kappa shape index (κ2) is 3.93. The second-order valence-corrected chi connectivity index (χ2v) is 4.89. The Labute approximate surface area is 85.5 Å². The molecule has 1 aliphatic carbocycles. The summed E-state index contributed by atoms with van der Waals surface area (Å²) in [4.78, 5) is 3.30. The molecule has 1 saturated heterocycles. The highest BCUT2D eigenvalue weighted by Gasteiger charge is 2.27. The van der Waals surface area contributed by atoms with Gasteiger partial charge in [-0.3, -0.25) is 0 Å². The number of hydrogen-bond acceptors (Lipinski definition) is 2. The minimum atomic E-state index is 0.519. The standard InChI is InChI=1S/C10H18N2S/c11-10(13)9-3-5-12(6-4-9)7-8-1-2-8/h8-9H,1-7H2,(H2,11,13). The van der Waals surface area contributed by atoms with Crippen LogP contribution in [0, 0.1) is 11.8 Å². The van der Waals surface area contributed by atoms with Crippen LogP contribution in [0.5, 0.6) is 0 Å². The molecule has 0 spiro atoms. The molecule has 0 amide bonds. The van der Waals surface area contributed by atoms with E-state index in [1.807, 2.05) is 0 Å². The zero-order chi connectivity index (χ0) is 9.26. The number of nitrogens with two attached hydrogens (primary N) is 1. The van der Waals surface area contributed by atoms with Crippen LogP contribution in [0.4, 0.5) is 0 Å². The van der Waals surface area contributed by atoms with Gasteiger partial charge in [-0.15, -0.1) is 0 Å². The molecule has 74 valence electrons. The van der Waals surface area contributed by atoms with E-state index in [9.17, 15) is 0 Å². The van der Waals surface area contributed by atoms with Gasteiger partial charge in [0.1, 0.15) is 0 Å². The molecule has 0 atom stereocenters. The Morgan fingerprint density at radius 1 is 1.23 bits per heavy atom. The van der Waals surface area contributed by atoms with E-state index in [2.05, 4.69) is 4.90 Å². The summed E-state index contributed by atoms with van der Waals surface area (Å²) in [7, 11) is 0. The fraction of sp³-hybridized carbons (Fsp3) is 0.900. The van der Waals surface area contributed by atoms with Crippen molar-refractivity contribution < 1.29 is 0 Å². The van der Waals surface area contributed by atoms with Gasteiger partial charge < -0.3 is 10.6 Å². The lowest BCUT2D eigenvalue weighted by atomic mass is 9.97. The molecule has 0 bridgehead atoms. The maximum absolute atomic E-state index is 5.64. The van der Waals surface area contributed by atoms with Gasteiger partial charge in [-0.2, -0.15) is 0 Å². The summed E-state index contributed by atoms with van der Waals surface area (Å²) in [6.07, 6.45) is 5.27. The molecule has 0 radical (unpaired) electrons. The summed E-state index contributed by atoms with van der Waals surface area (Å²) in [5.74, 6) is 1.53. The topological polar surface area (TPSA) is 29.3 Å². The SMILES string of the molecule is NC(=S)C1CCN(CC2CC2)CC1. The van der Waals surface area contributed by atoms with Crippen molar-refractivity contribution >= 4 is 17.2 Å². The zero-order valence-corrected chi connectivity index (χ0v) is 8.85. The summed E-state index contributed by atoms with van der Waals surface area (Å²) in [6, 6.07) is 0. The van der Waals surface area contributed by atoms with E-state index in [0.29, 0.717) is 5.92 Å². The van der Waals surface area contributed by atoms with E-state index in [0.717, 1.165) is 10.9 Å². The molecular weight excluding hydrogens is 180 g/mol. The fourth-order valence-corrected chi connectivity index (χ4v) is 2.30. The van der Waals surface area contributed by atoms with Crippen LogP contribution >= 0.6 is 12.2 Å². The maximum Gasteiger partial charge on any atom is 0.0759 e. The van der Waals surface area contributed by atoms with E-state index in [4.69, 9.17) is 18.0 Å². The van der Waals surface area contributed by atoms with Gasteiger partial charge in [-0.25, -0.2) is 0 Å². The van der Waals surface area contributed by atoms with Gasteiger partial charge in [0.25, 0.3) is 0 Å². The predicted octanol–water partition coefficient (Wildman–Crippen LogP) is 1.39. The second-order valence-electron chi connectivity index (χ2n) is 4.42. The highest BCUT2D eigenvalue weighted by molar-refractivity contribution is 7.80. The molecule has 3 heteroatoms. The number of likely N-dealkylation sites (tertiary alicyclic amines) is 1. The molecule has 1 heterocycles. The van der Waals surface area contributed by atoms with Crippen LogP contribution in [0.25, 0.3) is 0 Å². The molecule has 0 unspecified atom stereocenters. The molecule has 0 aromatic rings. The predicted molar refractivity (Wildman–Crippen MR) is 58.7 cm³/mol. The summed E-state index contributed by atoms with van der Waals surface area (Å²) in [5, 5.41) is 0. The van der Waals surface area contributed by atoms with Crippen LogP contribution in [0.1, 0.15) is 25.7 Å². The molecule has 1 aliphatic heterocycles. The van der Waals surface area contributed by atoms with E-state index in [-0.39, 0.29) is 0 Å². The highest BCUT2D eigenvalue weighted by atomic mass is 32.1. The average molecular weight is 198 g/mol. The number of piperidine rings is 1. The number of thiocarbonyl (C=S) groups is 1. The first kappa shape index (κ1) is 9.41. The third-order valence-electron chi connectivity index (χ3n) is 3.20. The van der Waals surface area contributed by atoms with Gasteiger partial charge in [0.2, 0.25) is 0 Å². The van der Waals surface area contributed by atoms with Crippen molar-refractivity contribution in [1.29, 1.82) is 0 Å². The summed E-state index contributed by atoms with van der Waals surface area (Å²) in [5.41, 5.74) is 5.64. The number of rotatable bonds is 3. The smallest absolute Gasteiger partial charge is 0.0759 e. The third-order valence-corrected chi connectivity index (χ3v) is 3.54. The minimum absolute atomic E-state index is 0.519. The molecule has 2 N–H and O–H groups in total. The van der Waals surface area contributed by atoms with Crippen molar-refractivity contribution in [2.24, 2.45) is 17.6 Å². The zero-order valence-electron chi connectivity index (χ0n) is 8.04. The lowest BCUT2D eigenvalue weighted by Gasteiger charge is -2.31.